The number of hydrogen-bond donors (Lipinski definition) is 0. The van der Waals surface area contributed by atoms with Crippen molar-refractivity contribution < 1.29 is 19.0 Å². The number of allylic oxidation sites excluding steroid dienone is 1. The molecular formula is C23H24O4. The summed E-state index contributed by atoms with van der Waals surface area (Å²) in [5.41, 5.74) is 0.865. The van der Waals surface area contributed by atoms with Crippen LogP contribution in [-0.4, -0.2) is 18.7 Å². The Bertz CT molecular complexity index is 811. The van der Waals surface area contributed by atoms with Gasteiger partial charge in [0.2, 0.25) is 0 Å². The maximum atomic E-state index is 11.4. The van der Waals surface area contributed by atoms with Crippen molar-refractivity contribution >= 4 is 5.97 Å². The van der Waals surface area contributed by atoms with Crippen LogP contribution < -0.4 is 4.74 Å². The Morgan fingerprint density at radius 3 is 2.33 bits per heavy atom. The van der Waals surface area contributed by atoms with Gasteiger partial charge in [0.15, 0.2) is 6.10 Å². The van der Waals surface area contributed by atoms with Gasteiger partial charge in [-0.15, -0.1) is 0 Å². The normalized spacial score (nSPS) is 11.7. The van der Waals surface area contributed by atoms with E-state index in [0.717, 1.165) is 17.1 Å². The Hall–Kier alpha value is -3.19. The van der Waals surface area contributed by atoms with Gasteiger partial charge in [0.1, 0.15) is 17.3 Å². The van der Waals surface area contributed by atoms with Crippen molar-refractivity contribution in [3.8, 4) is 23.3 Å². The first-order chi connectivity index (χ1) is 13.1. The summed E-state index contributed by atoms with van der Waals surface area (Å²) in [7, 11) is 0. The lowest BCUT2D eigenvalue weighted by molar-refractivity contribution is -0.137. The molecule has 2 rings (SSSR count). The predicted octanol–water partition coefficient (Wildman–Crippen LogP) is 5.09. The molecular weight excluding hydrogens is 340 g/mol. The second-order valence-corrected chi connectivity index (χ2v) is 5.73. The van der Waals surface area contributed by atoms with Crippen molar-refractivity contribution in [3.05, 3.63) is 72.0 Å². The highest BCUT2D eigenvalue weighted by Gasteiger charge is 2.06. The fourth-order valence-electron chi connectivity index (χ4n) is 2.22. The lowest BCUT2D eigenvalue weighted by Crippen LogP contribution is -2.09. The summed E-state index contributed by atoms with van der Waals surface area (Å²) in [5, 5.41) is 0. The minimum atomic E-state index is -0.410. The summed E-state index contributed by atoms with van der Waals surface area (Å²) in [6.45, 7) is 5.80. The van der Waals surface area contributed by atoms with E-state index in [4.69, 9.17) is 14.2 Å². The molecule has 0 aliphatic rings. The molecule has 0 amide bonds. The summed E-state index contributed by atoms with van der Waals surface area (Å²) in [5.74, 6) is 7.80. The number of para-hydroxylation sites is 1. The number of esters is 1. The minimum Gasteiger partial charge on any atom is -0.482 e. The molecule has 27 heavy (non-hydrogen) atoms. The van der Waals surface area contributed by atoms with Crippen LogP contribution in [0.5, 0.6) is 11.5 Å². The first-order valence-electron chi connectivity index (χ1n) is 8.97. The zero-order valence-corrected chi connectivity index (χ0v) is 15.9. The summed E-state index contributed by atoms with van der Waals surface area (Å²) < 4.78 is 16.3. The van der Waals surface area contributed by atoms with Gasteiger partial charge in [0.05, 0.1) is 12.7 Å². The molecule has 0 fully saturated rings. The smallest absolute Gasteiger partial charge is 0.334 e. The van der Waals surface area contributed by atoms with Gasteiger partial charge in [-0.2, -0.15) is 0 Å². The van der Waals surface area contributed by atoms with Crippen LogP contribution in [-0.2, 0) is 14.3 Å². The third-order valence-corrected chi connectivity index (χ3v) is 3.52. The molecule has 0 aliphatic carbocycles. The Labute approximate surface area is 160 Å². The van der Waals surface area contributed by atoms with Crippen LogP contribution in [0.2, 0.25) is 0 Å². The second-order valence-electron chi connectivity index (χ2n) is 5.73. The third-order valence-electron chi connectivity index (χ3n) is 3.52. The second kappa shape index (κ2) is 10.7. The molecule has 1 atom stereocenters. The lowest BCUT2D eigenvalue weighted by atomic mass is 10.2. The molecule has 0 spiro atoms. The molecule has 2 aromatic carbocycles. The summed E-state index contributed by atoms with van der Waals surface area (Å²) in [6, 6.07) is 17.2. The van der Waals surface area contributed by atoms with Crippen molar-refractivity contribution in [1.29, 1.82) is 0 Å². The number of carbonyl (C=O) groups is 1. The predicted molar refractivity (Wildman–Crippen MR) is 105 cm³/mol. The minimum absolute atomic E-state index is 0.295. The van der Waals surface area contributed by atoms with Crippen LogP contribution in [0.15, 0.2) is 66.4 Å². The van der Waals surface area contributed by atoms with Gasteiger partial charge in [0, 0.05) is 5.56 Å². The molecule has 0 heterocycles. The molecule has 0 aromatic heterocycles. The average molecular weight is 364 g/mol. The van der Waals surface area contributed by atoms with Crippen LogP contribution in [0, 0.1) is 11.8 Å². The highest BCUT2D eigenvalue weighted by atomic mass is 16.5. The standard InChI is InChI=1S/C23H24O4/c1-4-20(26-18(3)17-23(24)25-5-2)14-11-19-12-15-22(16-13-19)27-21-9-7-6-8-10-21/h6-10,12-13,15-17,20H,4-5H2,1-3H3/b18-17+. The maximum absolute atomic E-state index is 11.4. The molecule has 0 bridgehead atoms. The van der Waals surface area contributed by atoms with Crippen LogP contribution in [0.1, 0.15) is 32.8 Å². The van der Waals surface area contributed by atoms with Gasteiger partial charge in [-0.1, -0.05) is 37.0 Å². The Balaban J connectivity index is 1.97. The average Bonchev–Trinajstić information content (AvgIpc) is 2.67. The lowest BCUT2D eigenvalue weighted by Gasteiger charge is -2.11. The Morgan fingerprint density at radius 2 is 1.70 bits per heavy atom. The first kappa shape index (κ1) is 20.1. The largest absolute Gasteiger partial charge is 0.482 e. The quantitative estimate of drug-likeness (QED) is 0.297. The van der Waals surface area contributed by atoms with Gasteiger partial charge < -0.3 is 14.2 Å². The van der Waals surface area contributed by atoms with Gasteiger partial charge >= 0.3 is 5.97 Å². The summed E-state index contributed by atoms with van der Waals surface area (Å²) in [6.07, 6.45) is 1.75. The number of hydrogen-bond acceptors (Lipinski definition) is 4. The highest BCUT2D eigenvalue weighted by Crippen LogP contribution is 2.20. The molecule has 0 radical (unpaired) electrons. The van der Waals surface area contributed by atoms with E-state index in [1.54, 1.807) is 13.8 Å². The van der Waals surface area contributed by atoms with Gasteiger partial charge in [-0.25, -0.2) is 4.79 Å². The Kier molecular flexibility index (Phi) is 7.99. The first-order valence-corrected chi connectivity index (χ1v) is 8.97. The molecule has 0 saturated carbocycles. The van der Waals surface area contributed by atoms with E-state index >= 15 is 0 Å². The number of carbonyl (C=O) groups excluding carboxylic acids is 1. The van der Waals surface area contributed by atoms with E-state index in [2.05, 4.69) is 11.8 Å². The number of ether oxygens (including phenoxy) is 3. The molecule has 0 aliphatic heterocycles. The topological polar surface area (TPSA) is 44.8 Å². The van der Waals surface area contributed by atoms with Crippen LogP contribution in [0.3, 0.4) is 0 Å². The van der Waals surface area contributed by atoms with E-state index < -0.39 is 5.97 Å². The van der Waals surface area contributed by atoms with E-state index in [-0.39, 0.29) is 6.10 Å². The molecule has 4 heteroatoms. The third kappa shape index (κ3) is 7.29. The van der Waals surface area contributed by atoms with Crippen molar-refractivity contribution in [2.75, 3.05) is 6.61 Å². The summed E-state index contributed by atoms with van der Waals surface area (Å²) >= 11 is 0. The van der Waals surface area contributed by atoms with Crippen molar-refractivity contribution in [3.63, 3.8) is 0 Å². The summed E-state index contributed by atoms with van der Waals surface area (Å²) in [4.78, 5) is 11.4. The van der Waals surface area contributed by atoms with Gasteiger partial charge in [-0.3, -0.25) is 0 Å². The van der Waals surface area contributed by atoms with Crippen LogP contribution in [0.25, 0.3) is 0 Å². The van der Waals surface area contributed by atoms with Crippen molar-refractivity contribution in [2.24, 2.45) is 0 Å². The van der Waals surface area contributed by atoms with Gasteiger partial charge in [-0.05, 0) is 56.7 Å². The SMILES string of the molecule is CCOC(=O)/C=C(\C)OC(C#Cc1ccc(Oc2ccccc2)cc1)CC. The molecule has 2 aromatic rings. The van der Waals surface area contributed by atoms with Crippen LogP contribution >= 0.6 is 0 Å². The maximum Gasteiger partial charge on any atom is 0.334 e. The highest BCUT2D eigenvalue weighted by molar-refractivity contribution is 5.82. The number of benzene rings is 2. The van der Waals surface area contributed by atoms with Crippen LogP contribution in [0.4, 0.5) is 0 Å². The van der Waals surface area contributed by atoms with E-state index in [9.17, 15) is 4.79 Å². The van der Waals surface area contributed by atoms with Gasteiger partial charge in [0.25, 0.3) is 0 Å². The fourth-order valence-corrected chi connectivity index (χ4v) is 2.22. The molecule has 140 valence electrons. The monoisotopic (exact) mass is 364 g/mol. The molecule has 4 nitrogen and oxygen atoms in total. The molecule has 1 unspecified atom stereocenters. The number of rotatable bonds is 7. The van der Waals surface area contributed by atoms with E-state index in [1.165, 1.54) is 6.08 Å². The van der Waals surface area contributed by atoms with E-state index in [1.807, 2.05) is 61.5 Å². The van der Waals surface area contributed by atoms with E-state index in [0.29, 0.717) is 18.8 Å². The Morgan fingerprint density at radius 1 is 1.04 bits per heavy atom. The zero-order chi connectivity index (χ0) is 19.5. The zero-order valence-electron chi connectivity index (χ0n) is 15.9. The van der Waals surface area contributed by atoms with Crippen molar-refractivity contribution in [2.45, 2.75) is 33.3 Å². The van der Waals surface area contributed by atoms with Crippen molar-refractivity contribution in [1.82, 2.24) is 0 Å². The molecule has 0 N–H and O–H groups in total. The fraction of sp³-hybridized carbons (Fsp3) is 0.261. The molecule has 0 saturated heterocycles.